The van der Waals surface area contributed by atoms with E-state index in [2.05, 4.69) is 63.7 Å². The van der Waals surface area contributed by atoms with Crippen molar-refractivity contribution in [3.05, 3.63) is 54.7 Å². The Balaban J connectivity index is 2.24. The first kappa shape index (κ1) is 13.7. The SMILES string of the molecule is CCCC(CC)(c1ccccc1)n1cnc2cncnc21. The fraction of sp³-hybridized carbons (Fsp3) is 0.353. The summed E-state index contributed by atoms with van der Waals surface area (Å²) in [5.41, 5.74) is 2.97. The van der Waals surface area contributed by atoms with Gasteiger partial charge in [0.05, 0.1) is 18.1 Å². The van der Waals surface area contributed by atoms with Crippen molar-refractivity contribution in [2.45, 2.75) is 38.6 Å². The average Bonchev–Trinajstić information content (AvgIpc) is 2.98. The molecule has 1 unspecified atom stereocenters. The Labute approximate surface area is 124 Å². The molecule has 0 fully saturated rings. The molecular weight excluding hydrogens is 260 g/mol. The fourth-order valence-corrected chi connectivity index (χ4v) is 3.20. The normalized spacial score (nSPS) is 14.2. The van der Waals surface area contributed by atoms with Crippen molar-refractivity contribution in [2.24, 2.45) is 0 Å². The predicted octanol–water partition coefficient (Wildman–Crippen LogP) is 3.78. The molecule has 0 saturated carbocycles. The van der Waals surface area contributed by atoms with Crippen molar-refractivity contribution < 1.29 is 0 Å². The van der Waals surface area contributed by atoms with Gasteiger partial charge < -0.3 is 4.57 Å². The summed E-state index contributed by atoms with van der Waals surface area (Å²) in [4.78, 5) is 13.0. The first-order chi connectivity index (χ1) is 10.3. The van der Waals surface area contributed by atoms with Crippen molar-refractivity contribution in [3.63, 3.8) is 0 Å². The number of nitrogens with zero attached hydrogens (tertiary/aromatic N) is 4. The number of aromatic nitrogens is 4. The van der Waals surface area contributed by atoms with Crippen LogP contribution in [0.5, 0.6) is 0 Å². The molecule has 0 bridgehead atoms. The molecule has 3 rings (SSSR count). The van der Waals surface area contributed by atoms with Crippen LogP contribution in [0, 0.1) is 0 Å². The van der Waals surface area contributed by atoms with E-state index in [9.17, 15) is 0 Å². The molecule has 0 saturated heterocycles. The van der Waals surface area contributed by atoms with Gasteiger partial charge in [0.25, 0.3) is 0 Å². The zero-order valence-corrected chi connectivity index (χ0v) is 12.5. The van der Waals surface area contributed by atoms with Crippen LogP contribution in [0.3, 0.4) is 0 Å². The first-order valence-corrected chi connectivity index (χ1v) is 7.51. The van der Waals surface area contributed by atoms with E-state index in [4.69, 9.17) is 0 Å². The van der Waals surface area contributed by atoms with Crippen LogP contribution in [-0.4, -0.2) is 19.5 Å². The third-order valence-electron chi connectivity index (χ3n) is 4.23. The van der Waals surface area contributed by atoms with Gasteiger partial charge >= 0.3 is 0 Å². The maximum absolute atomic E-state index is 4.48. The van der Waals surface area contributed by atoms with Crippen LogP contribution in [0.1, 0.15) is 38.7 Å². The molecule has 2 heterocycles. The monoisotopic (exact) mass is 280 g/mol. The molecule has 3 aromatic rings. The highest BCUT2D eigenvalue weighted by atomic mass is 15.2. The minimum absolute atomic E-state index is 0.0981. The van der Waals surface area contributed by atoms with E-state index < -0.39 is 0 Å². The lowest BCUT2D eigenvalue weighted by Gasteiger charge is -2.35. The van der Waals surface area contributed by atoms with Gasteiger partial charge in [0, 0.05) is 0 Å². The van der Waals surface area contributed by atoms with Gasteiger partial charge in [-0.25, -0.2) is 15.0 Å². The van der Waals surface area contributed by atoms with E-state index in [1.807, 2.05) is 6.33 Å². The Morgan fingerprint density at radius 1 is 1.10 bits per heavy atom. The molecular formula is C17H20N4. The molecule has 4 nitrogen and oxygen atoms in total. The smallest absolute Gasteiger partial charge is 0.163 e. The summed E-state index contributed by atoms with van der Waals surface area (Å²) in [6, 6.07) is 10.7. The van der Waals surface area contributed by atoms with Crippen LogP contribution in [0.2, 0.25) is 0 Å². The number of benzene rings is 1. The quantitative estimate of drug-likeness (QED) is 0.714. The summed E-state index contributed by atoms with van der Waals surface area (Å²) in [6.45, 7) is 4.46. The lowest BCUT2D eigenvalue weighted by Crippen LogP contribution is -2.34. The van der Waals surface area contributed by atoms with Crippen LogP contribution in [0.25, 0.3) is 11.2 Å². The van der Waals surface area contributed by atoms with Crippen LogP contribution in [0.15, 0.2) is 49.2 Å². The summed E-state index contributed by atoms with van der Waals surface area (Å²) < 4.78 is 2.23. The zero-order valence-electron chi connectivity index (χ0n) is 12.5. The molecule has 1 atom stereocenters. The minimum atomic E-state index is -0.0981. The van der Waals surface area contributed by atoms with Gasteiger partial charge in [-0.3, -0.25) is 0 Å². The van der Waals surface area contributed by atoms with E-state index in [0.29, 0.717) is 0 Å². The van der Waals surface area contributed by atoms with Crippen LogP contribution in [0.4, 0.5) is 0 Å². The van der Waals surface area contributed by atoms with E-state index >= 15 is 0 Å². The number of fused-ring (bicyclic) bond motifs is 1. The molecule has 0 N–H and O–H groups in total. The molecule has 2 aromatic heterocycles. The fourth-order valence-electron chi connectivity index (χ4n) is 3.20. The molecule has 0 amide bonds. The third-order valence-corrected chi connectivity index (χ3v) is 4.23. The second-order valence-corrected chi connectivity index (χ2v) is 5.35. The van der Waals surface area contributed by atoms with Gasteiger partial charge in [-0.1, -0.05) is 50.6 Å². The number of hydrogen-bond donors (Lipinski definition) is 0. The van der Waals surface area contributed by atoms with E-state index in [1.54, 1.807) is 12.5 Å². The van der Waals surface area contributed by atoms with Crippen molar-refractivity contribution in [2.75, 3.05) is 0 Å². The van der Waals surface area contributed by atoms with Gasteiger partial charge in [0.15, 0.2) is 5.65 Å². The van der Waals surface area contributed by atoms with Gasteiger partial charge in [-0.2, -0.15) is 0 Å². The van der Waals surface area contributed by atoms with Crippen molar-refractivity contribution in [1.29, 1.82) is 0 Å². The second-order valence-electron chi connectivity index (χ2n) is 5.35. The van der Waals surface area contributed by atoms with Crippen LogP contribution >= 0.6 is 0 Å². The Kier molecular flexibility index (Phi) is 3.69. The van der Waals surface area contributed by atoms with Crippen molar-refractivity contribution >= 4 is 11.2 Å². The van der Waals surface area contributed by atoms with Gasteiger partial charge in [0.1, 0.15) is 11.8 Å². The van der Waals surface area contributed by atoms with E-state index in [-0.39, 0.29) is 5.54 Å². The lowest BCUT2D eigenvalue weighted by molar-refractivity contribution is 0.318. The predicted molar refractivity (Wildman–Crippen MR) is 84.0 cm³/mol. The summed E-state index contributed by atoms with van der Waals surface area (Å²) in [5, 5.41) is 0. The molecule has 0 aliphatic carbocycles. The third kappa shape index (κ3) is 2.20. The van der Waals surface area contributed by atoms with E-state index in [1.165, 1.54) is 5.56 Å². The summed E-state index contributed by atoms with van der Waals surface area (Å²) in [7, 11) is 0. The van der Waals surface area contributed by atoms with Crippen LogP contribution in [-0.2, 0) is 5.54 Å². The largest absolute Gasteiger partial charge is 0.305 e. The minimum Gasteiger partial charge on any atom is -0.305 e. The highest BCUT2D eigenvalue weighted by Gasteiger charge is 2.33. The molecule has 0 aliphatic heterocycles. The molecule has 4 heteroatoms. The maximum Gasteiger partial charge on any atom is 0.163 e. The number of rotatable bonds is 5. The number of imidazole rings is 1. The Hall–Kier alpha value is -2.23. The molecule has 21 heavy (non-hydrogen) atoms. The summed E-state index contributed by atoms with van der Waals surface area (Å²) >= 11 is 0. The molecule has 0 spiro atoms. The second kappa shape index (κ2) is 5.64. The van der Waals surface area contributed by atoms with Crippen LogP contribution < -0.4 is 0 Å². The lowest BCUT2D eigenvalue weighted by atomic mass is 9.83. The molecule has 0 radical (unpaired) electrons. The van der Waals surface area contributed by atoms with Crippen molar-refractivity contribution in [3.8, 4) is 0 Å². The Bertz CT molecular complexity index is 720. The topological polar surface area (TPSA) is 43.6 Å². The standard InChI is InChI=1S/C17H20N4/c1-3-10-17(4-2,14-8-6-5-7-9-14)21-13-20-15-11-18-12-19-16(15)21/h5-9,11-13H,3-4,10H2,1-2H3. The highest BCUT2D eigenvalue weighted by molar-refractivity contribution is 5.69. The van der Waals surface area contributed by atoms with Gasteiger partial charge in [0.2, 0.25) is 0 Å². The zero-order chi connectivity index (χ0) is 14.7. The first-order valence-electron chi connectivity index (χ1n) is 7.51. The molecule has 0 aliphatic rings. The van der Waals surface area contributed by atoms with Gasteiger partial charge in [-0.15, -0.1) is 0 Å². The Morgan fingerprint density at radius 2 is 1.90 bits per heavy atom. The Morgan fingerprint density at radius 3 is 2.62 bits per heavy atom. The molecule has 1 aromatic carbocycles. The highest BCUT2D eigenvalue weighted by Crippen LogP contribution is 2.36. The van der Waals surface area contributed by atoms with E-state index in [0.717, 1.165) is 30.4 Å². The molecule has 108 valence electrons. The van der Waals surface area contributed by atoms with Crippen molar-refractivity contribution in [1.82, 2.24) is 19.5 Å². The van der Waals surface area contributed by atoms with Gasteiger partial charge in [-0.05, 0) is 18.4 Å². The average molecular weight is 280 g/mol. The summed E-state index contributed by atoms with van der Waals surface area (Å²) in [6.07, 6.45) is 8.44. The number of hydrogen-bond acceptors (Lipinski definition) is 3. The summed E-state index contributed by atoms with van der Waals surface area (Å²) in [5.74, 6) is 0. The maximum atomic E-state index is 4.48.